The second-order valence-corrected chi connectivity index (χ2v) is 10.6. The number of halogens is 3. The van der Waals surface area contributed by atoms with Gasteiger partial charge in [0.25, 0.3) is 0 Å². The second kappa shape index (κ2) is 11.2. The molecule has 0 aliphatic heterocycles. The molecule has 3 aromatic rings. The number of benzene rings is 3. The second-order valence-electron chi connectivity index (χ2n) is 9.36. The molecule has 1 fully saturated rings. The van der Waals surface area contributed by atoms with Crippen LogP contribution in [0.1, 0.15) is 59.2 Å². The van der Waals surface area contributed by atoms with Gasteiger partial charge in [-0.25, -0.2) is 4.79 Å². The number of carbonyl (C=O) groups excluding carboxylic acids is 1. The molecule has 192 valence electrons. The Bertz CT molecular complexity index is 1380. The number of aromatic carboxylic acids is 1. The minimum Gasteiger partial charge on any atom is -0.489 e. The first kappa shape index (κ1) is 27.1. The van der Waals surface area contributed by atoms with Gasteiger partial charge in [-0.15, -0.1) is 0 Å². The lowest BCUT2D eigenvalue weighted by Gasteiger charge is -2.17. The van der Waals surface area contributed by atoms with E-state index in [2.05, 4.69) is 0 Å². The summed E-state index contributed by atoms with van der Waals surface area (Å²) < 4.78 is 5.96. The molecule has 4 rings (SSSR count). The zero-order valence-electron chi connectivity index (χ0n) is 20.3. The third kappa shape index (κ3) is 5.96. The number of ether oxygens (including phenoxy) is 1. The number of carboxylic acids is 1. The first-order chi connectivity index (χ1) is 17.6. The van der Waals surface area contributed by atoms with Gasteiger partial charge in [0.15, 0.2) is 5.78 Å². The molecule has 1 saturated carbocycles. The lowest BCUT2D eigenvalue weighted by atomic mass is 9.97. The van der Waals surface area contributed by atoms with Crippen LogP contribution in [0.3, 0.4) is 0 Å². The van der Waals surface area contributed by atoms with Crippen molar-refractivity contribution >= 4 is 52.3 Å². The number of carboxylic acid groups (broad SMARTS) is 1. The monoisotopic (exact) mass is 557 g/mol. The Morgan fingerprint density at radius 2 is 1.65 bits per heavy atom. The Morgan fingerprint density at radius 3 is 2.27 bits per heavy atom. The summed E-state index contributed by atoms with van der Waals surface area (Å²) in [7, 11) is 0. The van der Waals surface area contributed by atoms with E-state index in [4.69, 9.17) is 45.3 Å². The number of ketones is 1. The first-order valence-corrected chi connectivity index (χ1v) is 12.9. The Labute approximate surface area is 230 Å². The number of Topliss-reactive ketones (excluding diaryl/α,β-unsaturated/α-hetero) is 1. The van der Waals surface area contributed by atoms with E-state index in [0.29, 0.717) is 26.4 Å². The summed E-state index contributed by atoms with van der Waals surface area (Å²) in [5.74, 6) is -0.522. The Hall–Kier alpha value is -2.99. The molecule has 0 amide bonds. The number of hydrogen-bond donors (Lipinski definition) is 2. The van der Waals surface area contributed by atoms with Gasteiger partial charge in [0.05, 0.1) is 26.9 Å². The number of hydrogen-bond acceptors (Lipinski definition) is 4. The van der Waals surface area contributed by atoms with Crippen LogP contribution in [-0.4, -0.2) is 23.5 Å². The van der Waals surface area contributed by atoms with Crippen LogP contribution in [0.5, 0.6) is 5.75 Å². The minimum atomic E-state index is -0.944. The highest BCUT2D eigenvalue weighted by molar-refractivity contribution is 6.37. The number of rotatable bonds is 9. The van der Waals surface area contributed by atoms with Crippen molar-refractivity contribution in [3.63, 3.8) is 0 Å². The molecular formula is C29H26Cl3NO4. The fourth-order valence-corrected chi connectivity index (χ4v) is 5.31. The molecule has 2 atom stereocenters. The van der Waals surface area contributed by atoms with Crippen molar-refractivity contribution in [1.82, 2.24) is 0 Å². The standard InChI is InChI=1S/C29H26Cl3NO4/c1-15(2)28(34)22(27(33)26-23(30)7-4-8-24(26)31)14-37-18-9-10-19(25(32)12-18)21-13-20(21)16-5-3-6-17(11-16)29(35)36/h3-12,15,20-21H,13-14,33H2,1-2H3,(H,35,36). The van der Waals surface area contributed by atoms with Gasteiger partial charge in [0.1, 0.15) is 12.4 Å². The highest BCUT2D eigenvalue weighted by atomic mass is 35.5. The van der Waals surface area contributed by atoms with Gasteiger partial charge in [-0.2, -0.15) is 0 Å². The van der Waals surface area contributed by atoms with Gasteiger partial charge in [0, 0.05) is 16.5 Å². The fourth-order valence-electron chi connectivity index (χ4n) is 4.40. The van der Waals surface area contributed by atoms with Crippen LogP contribution >= 0.6 is 34.8 Å². The maximum atomic E-state index is 13.0. The van der Waals surface area contributed by atoms with E-state index in [-0.39, 0.29) is 47.0 Å². The SMILES string of the molecule is CC(C)C(=O)C(COc1ccc(C2CC2c2cccc(C(=O)O)c2)c(Cl)c1)=C(N)c1c(Cl)cccc1Cl. The normalized spacial score (nSPS) is 17.4. The predicted octanol–water partition coefficient (Wildman–Crippen LogP) is 7.59. The molecule has 2 unspecified atom stereocenters. The summed E-state index contributed by atoms with van der Waals surface area (Å²) in [5.41, 5.74) is 9.48. The van der Waals surface area contributed by atoms with E-state index >= 15 is 0 Å². The lowest BCUT2D eigenvalue weighted by molar-refractivity contribution is -0.118. The number of nitrogens with two attached hydrogens (primary N) is 1. The summed E-state index contributed by atoms with van der Waals surface area (Å²) >= 11 is 19.3. The molecule has 1 aliphatic rings. The van der Waals surface area contributed by atoms with Crippen molar-refractivity contribution in [2.75, 3.05) is 6.61 Å². The van der Waals surface area contributed by atoms with Crippen molar-refractivity contribution in [2.45, 2.75) is 32.1 Å². The van der Waals surface area contributed by atoms with Crippen LogP contribution in [0.4, 0.5) is 0 Å². The predicted molar refractivity (Wildman–Crippen MR) is 148 cm³/mol. The topological polar surface area (TPSA) is 89.6 Å². The van der Waals surface area contributed by atoms with E-state index in [1.807, 2.05) is 12.1 Å². The lowest BCUT2D eigenvalue weighted by Crippen LogP contribution is -2.21. The zero-order valence-corrected chi connectivity index (χ0v) is 22.6. The van der Waals surface area contributed by atoms with Crippen LogP contribution in [0.15, 0.2) is 66.2 Å². The zero-order chi connectivity index (χ0) is 26.9. The van der Waals surface area contributed by atoms with E-state index in [9.17, 15) is 14.7 Å². The van der Waals surface area contributed by atoms with Gasteiger partial charge in [-0.1, -0.05) is 72.9 Å². The molecule has 0 spiro atoms. The van der Waals surface area contributed by atoms with Crippen LogP contribution < -0.4 is 10.5 Å². The molecule has 3 N–H and O–H groups in total. The summed E-state index contributed by atoms with van der Waals surface area (Å²) in [6.07, 6.45) is 0.883. The van der Waals surface area contributed by atoms with Gasteiger partial charge in [-0.05, 0) is 65.8 Å². The maximum absolute atomic E-state index is 13.0. The highest BCUT2D eigenvalue weighted by Crippen LogP contribution is 2.56. The quantitative estimate of drug-likeness (QED) is 0.264. The molecule has 37 heavy (non-hydrogen) atoms. The molecule has 5 nitrogen and oxygen atoms in total. The fraction of sp³-hybridized carbons (Fsp3) is 0.241. The van der Waals surface area contributed by atoms with Crippen LogP contribution in [0, 0.1) is 5.92 Å². The number of carbonyl (C=O) groups is 2. The Kier molecular flexibility index (Phi) is 8.17. The van der Waals surface area contributed by atoms with Crippen molar-refractivity contribution in [3.8, 4) is 5.75 Å². The summed E-state index contributed by atoms with van der Waals surface area (Å²) in [5, 5.41) is 10.5. The van der Waals surface area contributed by atoms with Gasteiger partial charge in [-0.3, -0.25) is 4.79 Å². The van der Waals surface area contributed by atoms with Crippen LogP contribution in [0.2, 0.25) is 15.1 Å². The molecular weight excluding hydrogens is 533 g/mol. The molecule has 3 aromatic carbocycles. The molecule has 0 saturated heterocycles. The maximum Gasteiger partial charge on any atom is 0.335 e. The van der Waals surface area contributed by atoms with E-state index in [1.165, 1.54) is 0 Å². The molecule has 1 aliphatic carbocycles. The Morgan fingerprint density at radius 1 is 0.973 bits per heavy atom. The van der Waals surface area contributed by atoms with E-state index < -0.39 is 5.97 Å². The van der Waals surface area contributed by atoms with Crippen molar-refractivity contribution < 1.29 is 19.4 Å². The van der Waals surface area contributed by atoms with Crippen LogP contribution in [-0.2, 0) is 4.79 Å². The third-order valence-corrected chi connectivity index (χ3v) is 7.44. The van der Waals surface area contributed by atoms with Gasteiger partial charge < -0.3 is 15.6 Å². The summed E-state index contributed by atoms with van der Waals surface area (Å²) in [6, 6.07) is 17.5. The summed E-state index contributed by atoms with van der Waals surface area (Å²) in [4.78, 5) is 24.3. The van der Waals surface area contributed by atoms with Crippen molar-refractivity contribution in [1.29, 1.82) is 0 Å². The molecule has 8 heteroatoms. The van der Waals surface area contributed by atoms with E-state index in [1.54, 1.807) is 62.4 Å². The minimum absolute atomic E-state index is 0.0753. The average Bonchev–Trinajstić information content (AvgIpc) is 3.64. The van der Waals surface area contributed by atoms with Gasteiger partial charge in [0.2, 0.25) is 0 Å². The molecule has 0 aromatic heterocycles. The van der Waals surface area contributed by atoms with E-state index in [0.717, 1.165) is 17.5 Å². The highest BCUT2D eigenvalue weighted by Gasteiger charge is 2.40. The van der Waals surface area contributed by atoms with Crippen molar-refractivity contribution in [3.05, 3.63) is 104 Å². The Balaban J connectivity index is 1.53. The molecule has 0 heterocycles. The molecule has 0 bridgehead atoms. The smallest absolute Gasteiger partial charge is 0.335 e. The summed E-state index contributed by atoms with van der Waals surface area (Å²) in [6.45, 7) is 3.50. The largest absolute Gasteiger partial charge is 0.489 e. The molecule has 0 radical (unpaired) electrons. The first-order valence-electron chi connectivity index (χ1n) is 11.8. The van der Waals surface area contributed by atoms with Crippen LogP contribution in [0.25, 0.3) is 5.70 Å². The van der Waals surface area contributed by atoms with Gasteiger partial charge >= 0.3 is 5.97 Å². The third-order valence-electron chi connectivity index (χ3n) is 6.49. The van der Waals surface area contributed by atoms with Crippen molar-refractivity contribution in [2.24, 2.45) is 11.7 Å². The average molecular weight is 559 g/mol.